The van der Waals surface area contributed by atoms with E-state index in [0.717, 1.165) is 18.5 Å². The van der Waals surface area contributed by atoms with Crippen molar-refractivity contribution in [1.82, 2.24) is 19.7 Å². The monoisotopic (exact) mass is 467 g/mol. The summed E-state index contributed by atoms with van der Waals surface area (Å²) in [5.74, 6) is -4.85. The van der Waals surface area contributed by atoms with Crippen molar-refractivity contribution in [2.24, 2.45) is 7.05 Å². The minimum Gasteiger partial charge on any atom is -0.487 e. The van der Waals surface area contributed by atoms with Gasteiger partial charge in [-0.05, 0) is 31.2 Å². The van der Waals surface area contributed by atoms with Gasteiger partial charge in [-0.15, -0.1) is 0 Å². The third kappa shape index (κ3) is 4.27. The second-order valence-corrected chi connectivity index (χ2v) is 9.53. The molecule has 8 nitrogen and oxygen atoms in total. The molecule has 2 aromatic heterocycles. The highest BCUT2D eigenvalue weighted by atomic mass is 32.2. The normalized spacial score (nSPS) is 22.6. The van der Waals surface area contributed by atoms with Crippen LogP contribution in [0, 0.1) is 5.82 Å². The number of hydrogen-bond donors (Lipinski definition) is 1. The topological polar surface area (TPSA) is 99.0 Å². The molecule has 4 rings (SSSR count). The summed E-state index contributed by atoms with van der Waals surface area (Å²) in [6.07, 6.45) is 2.96. The van der Waals surface area contributed by atoms with Gasteiger partial charge in [-0.1, -0.05) is 0 Å². The molecule has 0 aliphatic heterocycles. The van der Waals surface area contributed by atoms with Gasteiger partial charge in [0.25, 0.3) is 15.9 Å². The Balaban J connectivity index is 1.61. The highest BCUT2D eigenvalue weighted by molar-refractivity contribution is 7.92. The van der Waals surface area contributed by atoms with E-state index in [9.17, 15) is 21.6 Å². The number of hydrogen-bond acceptors (Lipinski definition) is 6. The van der Waals surface area contributed by atoms with Crippen molar-refractivity contribution in [3.63, 3.8) is 0 Å². The van der Waals surface area contributed by atoms with Gasteiger partial charge in [0.15, 0.2) is 0 Å². The second-order valence-electron chi connectivity index (χ2n) is 7.88. The highest BCUT2D eigenvalue weighted by Gasteiger charge is 2.56. The molecule has 32 heavy (non-hydrogen) atoms. The lowest BCUT2D eigenvalue weighted by Gasteiger charge is -2.32. The summed E-state index contributed by atoms with van der Waals surface area (Å²) in [4.78, 5) is 6.79. The molecule has 12 heteroatoms. The van der Waals surface area contributed by atoms with Crippen molar-refractivity contribution < 1.29 is 26.3 Å². The Bertz CT molecular complexity index is 1240. The molecule has 0 saturated heterocycles. The number of alkyl halides is 2. The van der Waals surface area contributed by atoms with Crippen molar-refractivity contribution in [3.8, 4) is 5.75 Å². The van der Waals surface area contributed by atoms with Gasteiger partial charge < -0.3 is 4.74 Å². The number of anilines is 1. The highest BCUT2D eigenvalue weighted by Crippen LogP contribution is 2.52. The lowest BCUT2D eigenvalue weighted by Crippen LogP contribution is -2.36. The van der Waals surface area contributed by atoms with Crippen molar-refractivity contribution in [2.45, 2.75) is 42.1 Å². The SMILES string of the molecule is Cn1nccc1[C@H]1CC(F)(F)C[C@@]1(C)Oc1ccc(S(=O)(=O)Nc2ccncn2)c(F)c1. The van der Waals surface area contributed by atoms with Crippen LogP contribution in [-0.4, -0.2) is 39.7 Å². The third-order valence-corrected chi connectivity index (χ3v) is 6.82. The number of sulfonamides is 1. The Labute approximate surface area is 182 Å². The number of halogens is 3. The molecule has 0 radical (unpaired) electrons. The van der Waals surface area contributed by atoms with Crippen molar-refractivity contribution in [1.29, 1.82) is 0 Å². The Kier molecular flexibility index (Phi) is 5.35. The van der Waals surface area contributed by atoms with Crippen LogP contribution in [0.5, 0.6) is 5.75 Å². The second kappa shape index (κ2) is 7.76. The lowest BCUT2D eigenvalue weighted by molar-refractivity contribution is -0.0188. The zero-order valence-electron chi connectivity index (χ0n) is 17.2. The van der Waals surface area contributed by atoms with Crippen LogP contribution in [0.4, 0.5) is 19.0 Å². The molecule has 1 aliphatic rings. The summed E-state index contributed by atoms with van der Waals surface area (Å²) in [6, 6.07) is 6.08. The molecule has 0 bridgehead atoms. The maximum absolute atomic E-state index is 14.7. The van der Waals surface area contributed by atoms with Gasteiger partial charge >= 0.3 is 0 Å². The molecule has 1 fully saturated rings. The molecular formula is C20H20F3N5O3S. The van der Waals surface area contributed by atoms with E-state index in [1.54, 1.807) is 13.1 Å². The van der Waals surface area contributed by atoms with E-state index in [0.29, 0.717) is 5.69 Å². The van der Waals surface area contributed by atoms with E-state index in [2.05, 4.69) is 19.8 Å². The molecule has 0 spiro atoms. The Morgan fingerprint density at radius 2 is 2.00 bits per heavy atom. The van der Waals surface area contributed by atoms with E-state index in [1.807, 2.05) is 0 Å². The van der Waals surface area contributed by atoms with Gasteiger partial charge in [0, 0.05) is 43.5 Å². The van der Waals surface area contributed by atoms with E-state index in [1.165, 1.54) is 36.1 Å². The molecule has 0 unspecified atom stereocenters. The van der Waals surface area contributed by atoms with Gasteiger partial charge in [0.1, 0.15) is 34.2 Å². The number of ether oxygens (including phenoxy) is 1. The summed E-state index contributed by atoms with van der Waals surface area (Å²) in [6.45, 7) is 1.53. The van der Waals surface area contributed by atoms with Gasteiger partial charge in [0.05, 0.1) is 6.42 Å². The van der Waals surface area contributed by atoms with Crippen LogP contribution in [0.3, 0.4) is 0 Å². The summed E-state index contributed by atoms with van der Waals surface area (Å²) in [5.41, 5.74) is -0.790. The number of rotatable bonds is 6. The fraction of sp³-hybridized carbons (Fsp3) is 0.350. The maximum atomic E-state index is 14.7. The zero-order chi connectivity index (χ0) is 23.1. The van der Waals surface area contributed by atoms with Gasteiger partial charge in [-0.25, -0.2) is 31.6 Å². The van der Waals surface area contributed by atoms with E-state index >= 15 is 0 Å². The van der Waals surface area contributed by atoms with Gasteiger partial charge in [-0.3, -0.25) is 9.40 Å². The Morgan fingerprint density at radius 1 is 1.22 bits per heavy atom. The average molecular weight is 467 g/mol. The molecule has 1 aromatic carbocycles. The van der Waals surface area contributed by atoms with Crippen LogP contribution in [0.2, 0.25) is 0 Å². The standard InChI is InChI=1S/C20H20F3N5O3S/c1-19(11-20(22,23)10-14(19)16-5-8-26-28(16)2)31-13-3-4-17(15(21)9-13)32(29,30)27-18-6-7-24-12-25-18/h3-9,12,14H,10-11H2,1-2H3,(H,24,25,27)/t14-,19-/m1/s1. The predicted octanol–water partition coefficient (Wildman–Crippen LogP) is 3.50. The van der Waals surface area contributed by atoms with Crippen LogP contribution in [0.15, 0.2) is 53.9 Å². The molecule has 1 saturated carbocycles. The number of aromatic nitrogens is 4. The first-order valence-corrected chi connectivity index (χ1v) is 11.1. The lowest BCUT2D eigenvalue weighted by atomic mass is 9.89. The molecule has 0 amide bonds. The first-order chi connectivity index (χ1) is 15.0. The molecule has 2 heterocycles. The van der Waals surface area contributed by atoms with Gasteiger partial charge in [0.2, 0.25) is 0 Å². The zero-order valence-corrected chi connectivity index (χ0v) is 18.0. The Morgan fingerprint density at radius 3 is 2.62 bits per heavy atom. The van der Waals surface area contributed by atoms with E-state index < -0.39 is 51.0 Å². The first kappa shape index (κ1) is 22.1. The number of nitrogens with zero attached hydrogens (tertiary/aromatic N) is 4. The van der Waals surface area contributed by atoms with Crippen LogP contribution in [0.25, 0.3) is 0 Å². The smallest absolute Gasteiger partial charge is 0.265 e. The predicted molar refractivity (Wildman–Crippen MR) is 108 cm³/mol. The molecule has 170 valence electrons. The minimum absolute atomic E-state index is 0.0283. The quantitative estimate of drug-likeness (QED) is 0.596. The van der Waals surface area contributed by atoms with Crippen molar-refractivity contribution in [2.75, 3.05) is 4.72 Å². The van der Waals surface area contributed by atoms with Crippen molar-refractivity contribution in [3.05, 3.63) is 60.6 Å². The van der Waals surface area contributed by atoms with Crippen LogP contribution in [0.1, 0.15) is 31.4 Å². The van der Waals surface area contributed by atoms with E-state index in [4.69, 9.17) is 4.74 Å². The molecule has 1 aliphatic carbocycles. The largest absolute Gasteiger partial charge is 0.487 e. The summed E-state index contributed by atoms with van der Waals surface area (Å²) >= 11 is 0. The van der Waals surface area contributed by atoms with Gasteiger partial charge in [-0.2, -0.15) is 5.10 Å². The number of aryl methyl sites for hydroxylation is 1. The molecule has 3 aromatic rings. The minimum atomic E-state index is -4.28. The van der Waals surface area contributed by atoms with Crippen LogP contribution >= 0.6 is 0 Å². The van der Waals surface area contributed by atoms with E-state index in [-0.39, 0.29) is 11.6 Å². The molecule has 2 atom stereocenters. The Hall–Kier alpha value is -3.15. The summed E-state index contributed by atoms with van der Waals surface area (Å²) in [5, 5.41) is 4.04. The fourth-order valence-electron chi connectivity index (χ4n) is 4.05. The number of nitrogens with one attached hydrogen (secondary N) is 1. The third-order valence-electron chi connectivity index (χ3n) is 5.43. The fourth-order valence-corrected chi connectivity index (χ4v) is 5.12. The van der Waals surface area contributed by atoms with Crippen molar-refractivity contribution >= 4 is 15.8 Å². The molecular weight excluding hydrogens is 447 g/mol. The van der Waals surface area contributed by atoms with Crippen LogP contribution < -0.4 is 9.46 Å². The number of benzene rings is 1. The average Bonchev–Trinajstić information content (AvgIpc) is 3.21. The van der Waals surface area contributed by atoms with Crippen LogP contribution in [-0.2, 0) is 17.1 Å². The maximum Gasteiger partial charge on any atom is 0.265 e. The summed E-state index contributed by atoms with van der Waals surface area (Å²) < 4.78 is 78.0. The molecule has 1 N–H and O–H groups in total. The summed E-state index contributed by atoms with van der Waals surface area (Å²) in [7, 11) is -2.63. The first-order valence-electron chi connectivity index (χ1n) is 9.62.